The van der Waals surface area contributed by atoms with E-state index < -0.39 is 0 Å². The molecule has 29 heavy (non-hydrogen) atoms. The summed E-state index contributed by atoms with van der Waals surface area (Å²) in [7, 11) is 0. The normalized spacial score (nSPS) is 16.1. The Balaban J connectivity index is 1.80. The molecule has 0 radical (unpaired) electrons. The Morgan fingerprint density at radius 2 is 1.62 bits per heavy atom. The van der Waals surface area contributed by atoms with E-state index in [1.165, 1.54) is 6.07 Å². The highest BCUT2D eigenvalue weighted by Crippen LogP contribution is 2.43. The summed E-state index contributed by atoms with van der Waals surface area (Å²) in [6.07, 6.45) is 6.81. The average molecular weight is 390 g/mol. The van der Waals surface area contributed by atoms with Crippen LogP contribution in [0.1, 0.15) is 23.1 Å². The number of aliphatic hydroxyl groups excluding tert-OH is 1. The molecule has 0 heterocycles. The van der Waals surface area contributed by atoms with Crippen molar-refractivity contribution >= 4 is 10.8 Å². The van der Waals surface area contributed by atoms with Crippen LogP contribution < -0.4 is 0 Å². The van der Waals surface area contributed by atoms with Crippen LogP contribution in [-0.4, -0.2) is 25.5 Å². The molecule has 0 saturated heterocycles. The molecule has 1 atom stereocenters. The lowest BCUT2D eigenvalue weighted by Gasteiger charge is -2.19. The number of hydrogen-bond donors (Lipinski definition) is 5. The fourth-order valence-corrected chi connectivity index (χ4v) is 3.87. The van der Waals surface area contributed by atoms with E-state index in [-0.39, 0.29) is 34.7 Å². The van der Waals surface area contributed by atoms with Crippen LogP contribution in [0.3, 0.4) is 0 Å². The van der Waals surface area contributed by atoms with Crippen molar-refractivity contribution < 1.29 is 25.5 Å². The number of allylic oxidation sites excluding steroid dienone is 3. The first kappa shape index (κ1) is 18.7. The summed E-state index contributed by atoms with van der Waals surface area (Å²) in [6.45, 7) is 0. The molecule has 5 heteroatoms. The third kappa shape index (κ3) is 3.72. The summed E-state index contributed by atoms with van der Waals surface area (Å²) in [6, 6.07) is 11.7. The molecule has 1 aliphatic carbocycles. The molecule has 3 aromatic carbocycles. The monoisotopic (exact) mass is 390 g/mol. The molecule has 0 aromatic heterocycles. The SMILES string of the molecule is OC1=CCC(Cc2c(O)ccc3c(Cc4ccc(O)cc4)cc(O)c(O)c23)C=C1. The number of rotatable bonds is 4. The van der Waals surface area contributed by atoms with Gasteiger partial charge in [-0.2, -0.15) is 0 Å². The third-order valence-corrected chi connectivity index (χ3v) is 5.39. The average Bonchev–Trinajstić information content (AvgIpc) is 2.71. The van der Waals surface area contributed by atoms with E-state index in [0.29, 0.717) is 30.2 Å². The Labute approximate surface area is 168 Å². The minimum atomic E-state index is -0.251. The number of aliphatic hydroxyl groups is 1. The molecule has 5 nitrogen and oxygen atoms in total. The predicted octanol–water partition coefficient (Wildman–Crippen LogP) is 4.81. The van der Waals surface area contributed by atoms with Crippen molar-refractivity contribution in [2.75, 3.05) is 0 Å². The molecule has 0 spiro atoms. The van der Waals surface area contributed by atoms with Crippen molar-refractivity contribution in [1.82, 2.24) is 0 Å². The minimum absolute atomic E-state index is 0.0566. The first-order valence-corrected chi connectivity index (χ1v) is 9.46. The van der Waals surface area contributed by atoms with Crippen molar-refractivity contribution in [1.29, 1.82) is 0 Å². The smallest absolute Gasteiger partial charge is 0.165 e. The molecule has 0 saturated carbocycles. The second kappa shape index (κ2) is 7.43. The Kier molecular flexibility index (Phi) is 4.80. The van der Waals surface area contributed by atoms with Gasteiger partial charge in [0.25, 0.3) is 0 Å². The van der Waals surface area contributed by atoms with Crippen molar-refractivity contribution in [2.45, 2.75) is 19.3 Å². The molecule has 1 unspecified atom stereocenters. The van der Waals surface area contributed by atoms with Gasteiger partial charge < -0.3 is 25.5 Å². The van der Waals surface area contributed by atoms with Gasteiger partial charge in [0.1, 0.15) is 17.3 Å². The standard InChI is InChI=1S/C24H22O5/c25-17-5-1-14(2-6-17)11-16-13-22(28)24(29)23-19(16)9-10-21(27)20(23)12-15-3-7-18(26)8-4-15/h1-3,5-10,13,15,25-29H,4,11-12H2. The first-order valence-electron chi connectivity index (χ1n) is 9.46. The molecule has 0 aliphatic heterocycles. The minimum Gasteiger partial charge on any atom is -0.508 e. The molecule has 5 N–H and O–H groups in total. The molecule has 0 amide bonds. The van der Waals surface area contributed by atoms with Gasteiger partial charge in [-0.1, -0.05) is 24.3 Å². The lowest BCUT2D eigenvalue weighted by molar-refractivity contribution is 0.406. The van der Waals surface area contributed by atoms with Gasteiger partial charge in [0.2, 0.25) is 0 Å². The highest BCUT2D eigenvalue weighted by molar-refractivity contribution is 5.97. The largest absolute Gasteiger partial charge is 0.508 e. The molecule has 0 bridgehead atoms. The summed E-state index contributed by atoms with van der Waals surface area (Å²) >= 11 is 0. The summed E-state index contributed by atoms with van der Waals surface area (Å²) in [5, 5.41) is 51.7. The van der Waals surface area contributed by atoms with Crippen molar-refractivity contribution in [3.63, 3.8) is 0 Å². The van der Waals surface area contributed by atoms with E-state index in [4.69, 9.17) is 0 Å². The number of aromatic hydroxyl groups is 4. The molecular weight excluding hydrogens is 368 g/mol. The predicted molar refractivity (Wildman–Crippen MR) is 112 cm³/mol. The van der Waals surface area contributed by atoms with Crippen molar-refractivity contribution in [2.24, 2.45) is 5.92 Å². The van der Waals surface area contributed by atoms with Gasteiger partial charge in [-0.3, -0.25) is 0 Å². The van der Waals surface area contributed by atoms with Gasteiger partial charge in [0.15, 0.2) is 11.5 Å². The zero-order valence-corrected chi connectivity index (χ0v) is 15.7. The molecule has 0 fully saturated rings. The van der Waals surface area contributed by atoms with Crippen LogP contribution in [0.5, 0.6) is 23.0 Å². The van der Waals surface area contributed by atoms with E-state index in [9.17, 15) is 25.5 Å². The second-order valence-electron chi connectivity index (χ2n) is 7.42. The Morgan fingerprint density at radius 3 is 2.31 bits per heavy atom. The van der Waals surface area contributed by atoms with Gasteiger partial charge in [-0.15, -0.1) is 0 Å². The summed E-state index contributed by atoms with van der Waals surface area (Å²) in [5.74, 6) is 0.0271. The van der Waals surface area contributed by atoms with Crippen LogP contribution in [0.4, 0.5) is 0 Å². The fraction of sp³-hybridized carbons (Fsp3) is 0.167. The van der Waals surface area contributed by atoms with Crippen LogP contribution in [0.25, 0.3) is 10.8 Å². The zero-order chi connectivity index (χ0) is 20.5. The van der Waals surface area contributed by atoms with Gasteiger partial charge in [0, 0.05) is 10.9 Å². The fourth-order valence-electron chi connectivity index (χ4n) is 3.87. The number of fused-ring (bicyclic) bond motifs is 1. The quantitative estimate of drug-likeness (QED) is 0.412. The lowest BCUT2D eigenvalue weighted by Crippen LogP contribution is -2.05. The second-order valence-corrected chi connectivity index (χ2v) is 7.42. The van der Waals surface area contributed by atoms with Crippen LogP contribution in [0.15, 0.2) is 66.5 Å². The molecule has 148 valence electrons. The van der Waals surface area contributed by atoms with Crippen LogP contribution in [0.2, 0.25) is 0 Å². The Bertz CT molecular complexity index is 1130. The summed E-state index contributed by atoms with van der Waals surface area (Å²) < 4.78 is 0. The highest BCUT2D eigenvalue weighted by Gasteiger charge is 2.20. The maximum atomic E-state index is 10.6. The Hall–Kier alpha value is -3.60. The van der Waals surface area contributed by atoms with Gasteiger partial charge >= 0.3 is 0 Å². The Morgan fingerprint density at radius 1 is 0.862 bits per heavy atom. The first-order chi connectivity index (χ1) is 13.9. The third-order valence-electron chi connectivity index (χ3n) is 5.39. The summed E-state index contributed by atoms with van der Waals surface area (Å²) in [4.78, 5) is 0. The van der Waals surface area contributed by atoms with Crippen molar-refractivity contribution in [3.05, 3.63) is 83.1 Å². The van der Waals surface area contributed by atoms with Gasteiger partial charge in [-0.25, -0.2) is 0 Å². The maximum Gasteiger partial charge on any atom is 0.165 e. The lowest BCUT2D eigenvalue weighted by atomic mass is 9.87. The molecule has 1 aliphatic rings. The number of benzene rings is 3. The number of phenolic OH excluding ortho intramolecular Hbond substituents is 4. The van der Waals surface area contributed by atoms with E-state index in [0.717, 1.165) is 16.5 Å². The van der Waals surface area contributed by atoms with Gasteiger partial charge in [-0.05, 0) is 78.1 Å². The maximum absolute atomic E-state index is 10.6. The van der Waals surface area contributed by atoms with E-state index >= 15 is 0 Å². The van der Waals surface area contributed by atoms with Crippen LogP contribution >= 0.6 is 0 Å². The van der Waals surface area contributed by atoms with E-state index in [1.807, 2.05) is 6.08 Å². The topological polar surface area (TPSA) is 101 Å². The summed E-state index contributed by atoms with van der Waals surface area (Å²) in [5.41, 5.74) is 2.31. The number of hydrogen-bond acceptors (Lipinski definition) is 5. The molecule has 3 aromatic rings. The van der Waals surface area contributed by atoms with Crippen LogP contribution in [-0.2, 0) is 12.8 Å². The van der Waals surface area contributed by atoms with Gasteiger partial charge in [0.05, 0.1) is 0 Å². The van der Waals surface area contributed by atoms with E-state index in [2.05, 4.69) is 0 Å². The van der Waals surface area contributed by atoms with Crippen molar-refractivity contribution in [3.8, 4) is 23.0 Å². The number of phenols is 4. The zero-order valence-electron chi connectivity index (χ0n) is 15.7. The highest BCUT2D eigenvalue weighted by atomic mass is 16.3. The van der Waals surface area contributed by atoms with E-state index in [1.54, 1.807) is 48.6 Å². The van der Waals surface area contributed by atoms with Crippen LogP contribution in [0, 0.1) is 5.92 Å². The molecular formula is C24H22O5. The molecule has 4 rings (SSSR count).